The molecule has 0 radical (unpaired) electrons. The lowest BCUT2D eigenvalue weighted by molar-refractivity contribution is -0.113. The van der Waals surface area contributed by atoms with Gasteiger partial charge in [-0.3, -0.25) is 4.90 Å². The lowest BCUT2D eigenvalue weighted by atomic mass is 9.98. The first-order valence-electron chi connectivity index (χ1n) is 15.2. The largest absolute Gasteiger partial charge is 0.379 e. The number of rotatable bonds is 26. The predicted octanol–water partition coefficient (Wildman–Crippen LogP) is 9.35. The molecule has 0 aromatic rings. The smallest absolute Gasteiger partial charge is 0.106 e. The zero-order chi connectivity index (χ0) is 24.6. The average Bonchev–Trinajstić information content (AvgIpc) is 2.77. The third-order valence-electron chi connectivity index (χ3n) is 7.32. The number of unbranched alkanes of at least 4 members (excludes halogenated alkanes) is 19. The molecule has 0 fully saturated rings. The topological polar surface area (TPSA) is 43.7 Å². The predicted molar refractivity (Wildman–Crippen MR) is 147 cm³/mol. The van der Waals surface area contributed by atoms with Crippen LogP contribution in [0.15, 0.2) is 0 Å². The molecule has 0 bridgehead atoms. The second-order valence-electron chi connectivity index (χ2n) is 10.7. The van der Waals surface area contributed by atoms with E-state index in [1.807, 2.05) is 4.90 Å². The van der Waals surface area contributed by atoms with E-state index in [9.17, 15) is 10.2 Å². The van der Waals surface area contributed by atoms with Crippen molar-refractivity contribution in [1.82, 2.24) is 4.90 Å². The second kappa shape index (κ2) is 25.0. The Morgan fingerprint density at radius 1 is 0.424 bits per heavy atom. The third kappa shape index (κ3) is 20.9. The summed E-state index contributed by atoms with van der Waals surface area (Å²) in [5, 5.41) is 20.5. The van der Waals surface area contributed by atoms with Gasteiger partial charge in [0.15, 0.2) is 0 Å². The molecule has 0 amide bonds. The molecule has 0 aliphatic heterocycles. The van der Waals surface area contributed by atoms with E-state index in [0.717, 1.165) is 12.8 Å². The van der Waals surface area contributed by atoms with Gasteiger partial charge in [0.2, 0.25) is 0 Å². The van der Waals surface area contributed by atoms with Crippen LogP contribution in [0.1, 0.15) is 175 Å². The Morgan fingerprint density at radius 2 is 0.667 bits per heavy atom. The number of hydrogen-bond donors (Lipinski definition) is 2. The maximum atomic E-state index is 10.3. The van der Waals surface area contributed by atoms with E-state index in [0.29, 0.717) is 6.04 Å². The minimum absolute atomic E-state index is 0.303. The molecule has 0 heterocycles. The first-order valence-corrected chi connectivity index (χ1v) is 15.2. The van der Waals surface area contributed by atoms with Crippen molar-refractivity contribution in [3.8, 4) is 0 Å². The minimum Gasteiger partial charge on any atom is -0.379 e. The molecule has 0 aromatic carbocycles. The fourth-order valence-corrected chi connectivity index (χ4v) is 5.28. The highest BCUT2D eigenvalue weighted by Crippen LogP contribution is 2.22. The molecule has 2 N–H and O–H groups in total. The molecular formula is C30H63NO2. The number of hydrogen-bond acceptors (Lipinski definition) is 3. The van der Waals surface area contributed by atoms with Crippen LogP contribution in [0.5, 0.6) is 0 Å². The Balaban J connectivity index is 4.00. The summed E-state index contributed by atoms with van der Waals surface area (Å²) < 4.78 is 0. The van der Waals surface area contributed by atoms with Gasteiger partial charge in [-0.25, -0.2) is 0 Å². The average molecular weight is 470 g/mol. The summed E-state index contributed by atoms with van der Waals surface area (Å²) in [7, 11) is 0. The van der Waals surface area contributed by atoms with E-state index in [-0.39, 0.29) is 0 Å². The monoisotopic (exact) mass is 469 g/mol. The van der Waals surface area contributed by atoms with Gasteiger partial charge < -0.3 is 10.2 Å². The summed E-state index contributed by atoms with van der Waals surface area (Å²) >= 11 is 0. The van der Waals surface area contributed by atoms with Crippen LogP contribution < -0.4 is 0 Å². The minimum atomic E-state index is -0.578. The summed E-state index contributed by atoms with van der Waals surface area (Å²) in [5.74, 6) is 0. The molecule has 3 heteroatoms. The molecule has 0 spiro atoms. The van der Waals surface area contributed by atoms with Gasteiger partial charge in [-0.1, -0.05) is 149 Å². The summed E-state index contributed by atoms with van der Waals surface area (Å²) in [4.78, 5) is 1.93. The van der Waals surface area contributed by atoms with E-state index in [1.165, 1.54) is 135 Å². The second-order valence-corrected chi connectivity index (χ2v) is 10.7. The standard InChI is InChI=1S/C30H63NO2/c1-5-7-9-11-13-15-17-19-21-23-25-27-30(31(28(3)32)29(4)33)26-24-22-20-18-16-14-12-10-8-6-2/h28-30,32-33H,5-27H2,1-4H3. The van der Waals surface area contributed by atoms with Gasteiger partial charge in [-0.15, -0.1) is 0 Å². The van der Waals surface area contributed by atoms with Gasteiger partial charge in [0.05, 0.1) is 0 Å². The van der Waals surface area contributed by atoms with Gasteiger partial charge in [0.1, 0.15) is 12.5 Å². The molecular weight excluding hydrogens is 406 g/mol. The highest BCUT2D eigenvalue weighted by atomic mass is 16.3. The quantitative estimate of drug-likeness (QED) is 0.0979. The lowest BCUT2D eigenvalue weighted by Crippen LogP contribution is -2.47. The molecule has 33 heavy (non-hydrogen) atoms. The van der Waals surface area contributed by atoms with Crippen LogP contribution in [0.3, 0.4) is 0 Å². The normalized spacial score (nSPS) is 14.6. The van der Waals surface area contributed by atoms with E-state index >= 15 is 0 Å². The SMILES string of the molecule is CCCCCCCCCCCCCC(CCCCCCCCCCCC)N(C(C)O)C(C)O. The fraction of sp³-hybridized carbons (Fsp3) is 1.00. The molecule has 0 aromatic heterocycles. The van der Waals surface area contributed by atoms with Crippen LogP contribution in [0.2, 0.25) is 0 Å². The lowest BCUT2D eigenvalue weighted by Gasteiger charge is -2.36. The van der Waals surface area contributed by atoms with Gasteiger partial charge in [-0.2, -0.15) is 0 Å². The first-order chi connectivity index (χ1) is 16.0. The van der Waals surface area contributed by atoms with Crippen molar-refractivity contribution in [3.63, 3.8) is 0 Å². The van der Waals surface area contributed by atoms with Crippen molar-refractivity contribution >= 4 is 0 Å². The van der Waals surface area contributed by atoms with E-state index in [2.05, 4.69) is 13.8 Å². The third-order valence-corrected chi connectivity index (χ3v) is 7.32. The number of nitrogens with zero attached hydrogens (tertiary/aromatic N) is 1. The number of aliphatic hydroxyl groups excluding tert-OH is 2. The first kappa shape index (κ1) is 32.9. The van der Waals surface area contributed by atoms with Crippen molar-refractivity contribution in [2.75, 3.05) is 0 Å². The molecule has 0 saturated carbocycles. The summed E-state index contributed by atoms with van der Waals surface area (Å²) in [6.07, 6.45) is 29.6. The van der Waals surface area contributed by atoms with Gasteiger partial charge >= 0.3 is 0 Å². The van der Waals surface area contributed by atoms with Gasteiger partial charge in [0, 0.05) is 6.04 Å². The van der Waals surface area contributed by atoms with E-state index in [4.69, 9.17) is 0 Å². The van der Waals surface area contributed by atoms with Crippen molar-refractivity contribution < 1.29 is 10.2 Å². The van der Waals surface area contributed by atoms with Crippen LogP contribution in [0.4, 0.5) is 0 Å². The summed E-state index contributed by atoms with van der Waals surface area (Å²) in [6.45, 7) is 8.17. The zero-order valence-corrected chi connectivity index (χ0v) is 23.3. The molecule has 3 nitrogen and oxygen atoms in total. The van der Waals surface area contributed by atoms with Crippen molar-refractivity contribution in [3.05, 3.63) is 0 Å². The van der Waals surface area contributed by atoms with Crippen molar-refractivity contribution in [2.45, 2.75) is 194 Å². The summed E-state index contributed by atoms with van der Waals surface area (Å²) in [5.41, 5.74) is 0. The van der Waals surface area contributed by atoms with E-state index < -0.39 is 12.5 Å². The Morgan fingerprint density at radius 3 is 0.909 bits per heavy atom. The maximum Gasteiger partial charge on any atom is 0.106 e. The molecule has 0 rings (SSSR count). The van der Waals surface area contributed by atoms with Crippen LogP contribution in [-0.2, 0) is 0 Å². The van der Waals surface area contributed by atoms with Crippen LogP contribution in [0, 0.1) is 0 Å². The maximum absolute atomic E-state index is 10.3. The number of aliphatic hydroxyl groups is 2. The zero-order valence-electron chi connectivity index (χ0n) is 23.3. The van der Waals surface area contributed by atoms with Crippen molar-refractivity contribution in [2.24, 2.45) is 0 Å². The van der Waals surface area contributed by atoms with Crippen molar-refractivity contribution in [1.29, 1.82) is 0 Å². The Labute approximate surface area is 209 Å². The molecule has 0 aliphatic rings. The van der Waals surface area contributed by atoms with Crippen LogP contribution >= 0.6 is 0 Å². The molecule has 0 aliphatic carbocycles. The van der Waals surface area contributed by atoms with Gasteiger partial charge in [0.25, 0.3) is 0 Å². The van der Waals surface area contributed by atoms with Gasteiger partial charge in [-0.05, 0) is 26.7 Å². The van der Waals surface area contributed by atoms with Crippen LogP contribution in [0.25, 0.3) is 0 Å². The molecule has 3 atom stereocenters. The highest BCUT2D eigenvalue weighted by Gasteiger charge is 2.25. The highest BCUT2D eigenvalue weighted by molar-refractivity contribution is 4.74. The molecule has 0 saturated heterocycles. The molecule has 200 valence electrons. The Bertz CT molecular complexity index is 364. The Hall–Kier alpha value is -0.120. The summed E-state index contributed by atoms with van der Waals surface area (Å²) in [6, 6.07) is 0.303. The molecule has 3 unspecified atom stereocenters. The van der Waals surface area contributed by atoms with Crippen LogP contribution in [-0.4, -0.2) is 33.6 Å². The Kier molecular flexibility index (Phi) is 24.9. The fourth-order valence-electron chi connectivity index (χ4n) is 5.28. The van der Waals surface area contributed by atoms with E-state index in [1.54, 1.807) is 13.8 Å².